The van der Waals surface area contributed by atoms with Crippen molar-refractivity contribution in [3.63, 3.8) is 0 Å². The Hall–Kier alpha value is -3.00. The molecule has 1 aliphatic carbocycles. The number of hydrogen-bond acceptors (Lipinski definition) is 2. The topological polar surface area (TPSA) is 24.7 Å². The molecule has 0 heterocycles. The quantitative estimate of drug-likeness (QED) is 0.359. The van der Waals surface area contributed by atoms with Crippen LogP contribution in [0, 0.1) is 11.3 Å². The average Bonchev–Trinajstić information content (AvgIpc) is 3.07. The molecule has 0 radical (unpaired) electrons. The summed E-state index contributed by atoms with van der Waals surface area (Å²) in [6.07, 6.45) is 4.42. The van der Waals surface area contributed by atoms with Gasteiger partial charge in [-0.2, -0.15) is 0 Å². The van der Waals surface area contributed by atoms with Gasteiger partial charge in [0, 0.05) is 23.1 Å². The zero-order valence-corrected chi connectivity index (χ0v) is 21.1. The Bertz CT molecular complexity index is 1260. The van der Waals surface area contributed by atoms with Crippen molar-refractivity contribution in [3.8, 4) is 0 Å². The summed E-state index contributed by atoms with van der Waals surface area (Å²) in [6.45, 7) is 16.5. The molecule has 0 aliphatic heterocycles. The Morgan fingerprint density at radius 2 is 1.45 bits per heavy atom. The van der Waals surface area contributed by atoms with Crippen molar-refractivity contribution < 1.29 is 0 Å². The van der Waals surface area contributed by atoms with Gasteiger partial charge in [-0.1, -0.05) is 108 Å². The smallest absolute Gasteiger partial charge is 0.0974 e. The minimum absolute atomic E-state index is 0.0132. The third kappa shape index (κ3) is 4.44. The van der Waals surface area contributed by atoms with Gasteiger partial charge in [0.2, 0.25) is 0 Å². The molecule has 0 N–H and O–H groups in total. The van der Waals surface area contributed by atoms with Crippen molar-refractivity contribution >= 4 is 27.9 Å². The molecular formula is C31H36N2. The fourth-order valence-corrected chi connectivity index (χ4v) is 4.57. The standard InChI is InChI=1S/C31H36N2/c1-8-13-21(2)31(6,7)20-32-28-23-16-11-14-22-15-12-17-24(27(22)23)29(28)33-26-19-10-9-18-25(26)30(3,4)5/h8-19,21H,20H2,1-7H3/b13-8-,32-28?,33-29?. The highest BCUT2D eigenvalue weighted by molar-refractivity contribution is 6.61. The van der Waals surface area contributed by atoms with Crippen LogP contribution in [-0.4, -0.2) is 18.0 Å². The van der Waals surface area contributed by atoms with Gasteiger partial charge in [0.1, 0.15) is 0 Å². The predicted molar refractivity (Wildman–Crippen MR) is 144 cm³/mol. The van der Waals surface area contributed by atoms with E-state index < -0.39 is 0 Å². The summed E-state index contributed by atoms with van der Waals surface area (Å²) in [5, 5.41) is 2.51. The number of rotatable bonds is 5. The van der Waals surface area contributed by atoms with E-state index in [2.05, 4.69) is 121 Å². The van der Waals surface area contributed by atoms with Crippen molar-refractivity contribution in [1.82, 2.24) is 0 Å². The first-order chi connectivity index (χ1) is 15.6. The van der Waals surface area contributed by atoms with Crippen LogP contribution in [0.15, 0.2) is 82.8 Å². The summed E-state index contributed by atoms with van der Waals surface area (Å²) in [6, 6.07) is 21.5. The molecule has 0 fully saturated rings. The number of benzene rings is 3. The third-order valence-corrected chi connectivity index (χ3v) is 6.94. The van der Waals surface area contributed by atoms with Crippen LogP contribution in [-0.2, 0) is 5.41 Å². The van der Waals surface area contributed by atoms with Gasteiger partial charge in [0.25, 0.3) is 0 Å². The van der Waals surface area contributed by atoms with Crippen molar-refractivity contribution in [2.75, 3.05) is 6.54 Å². The largest absolute Gasteiger partial charge is 0.282 e. The van der Waals surface area contributed by atoms with Gasteiger partial charge in [-0.25, -0.2) is 4.99 Å². The molecule has 3 aromatic carbocycles. The van der Waals surface area contributed by atoms with E-state index in [9.17, 15) is 0 Å². The first-order valence-electron chi connectivity index (χ1n) is 12.0. The van der Waals surface area contributed by atoms with E-state index in [-0.39, 0.29) is 10.8 Å². The Morgan fingerprint density at radius 1 is 0.818 bits per heavy atom. The van der Waals surface area contributed by atoms with Crippen LogP contribution >= 0.6 is 0 Å². The van der Waals surface area contributed by atoms with Crippen LogP contribution in [0.25, 0.3) is 10.8 Å². The average molecular weight is 437 g/mol. The van der Waals surface area contributed by atoms with Crippen molar-refractivity contribution in [1.29, 1.82) is 0 Å². The van der Waals surface area contributed by atoms with Gasteiger partial charge in [0.15, 0.2) is 0 Å². The fraction of sp³-hybridized carbons (Fsp3) is 0.355. The van der Waals surface area contributed by atoms with E-state index in [4.69, 9.17) is 9.98 Å². The maximum atomic E-state index is 5.30. The molecule has 4 rings (SSSR count). The second kappa shape index (κ2) is 8.74. The first kappa shape index (κ1) is 23.2. The highest BCUT2D eigenvalue weighted by Gasteiger charge is 2.30. The lowest BCUT2D eigenvalue weighted by Crippen LogP contribution is -2.25. The molecule has 1 atom stereocenters. The molecular weight excluding hydrogens is 400 g/mol. The lowest BCUT2D eigenvalue weighted by atomic mass is 9.80. The van der Waals surface area contributed by atoms with E-state index in [1.165, 1.54) is 27.5 Å². The zero-order chi connectivity index (χ0) is 23.8. The SMILES string of the molecule is C/C=C\C(C)C(C)(C)CN=C1C(=Nc2ccccc2C(C)(C)C)c2cccc3cccc1c23. The minimum Gasteiger partial charge on any atom is -0.282 e. The number of nitrogens with zero attached hydrogens (tertiary/aromatic N) is 2. The maximum absolute atomic E-state index is 5.30. The molecule has 0 saturated heterocycles. The molecule has 170 valence electrons. The molecule has 2 nitrogen and oxygen atoms in total. The van der Waals surface area contributed by atoms with Crippen molar-refractivity contribution in [2.45, 2.75) is 53.9 Å². The van der Waals surface area contributed by atoms with E-state index in [1.807, 2.05) is 0 Å². The number of allylic oxidation sites excluding steroid dienone is 2. The van der Waals surface area contributed by atoms with Crippen LogP contribution in [0.5, 0.6) is 0 Å². The molecule has 33 heavy (non-hydrogen) atoms. The van der Waals surface area contributed by atoms with Gasteiger partial charge >= 0.3 is 0 Å². The summed E-state index contributed by atoms with van der Waals surface area (Å²) in [4.78, 5) is 10.6. The molecule has 0 spiro atoms. The molecule has 1 unspecified atom stereocenters. The lowest BCUT2D eigenvalue weighted by Gasteiger charge is -2.28. The van der Waals surface area contributed by atoms with E-state index in [1.54, 1.807) is 0 Å². The maximum Gasteiger partial charge on any atom is 0.0974 e. The van der Waals surface area contributed by atoms with Gasteiger partial charge in [-0.15, -0.1) is 0 Å². The van der Waals surface area contributed by atoms with Crippen LogP contribution < -0.4 is 0 Å². The van der Waals surface area contributed by atoms with Gasteiger partial charge in [0.05, 0.1) is 17.1 Å². The van der Waals surface area contributed by atoms with Gasteiger partial charge in [-0.3, -0.25) is 4.99 Å². The monoisotopic (exact) mass is 436 g/mol. The molecule has 1 aliphatic rings. The normalized spacial score (nSPS) is 17.5. The number of aliphatic imine (C=N–C) groups is 2. The Kier molecular flexibility index (Phi) is 6.14. The summed E-state index contributed by atoms with van der Waals surface area (Å²) < 4.78 is 0. The minimum atomic E-state index is 0.0132. The molecule has 0 amide bonds. The van der Waals surface area contributed by atoms with Crippen molar-refractivity contribution in [3.05, 3.63) is 89.5 Å². The van der Waals surface area contributed by atoms with E-state index >= 15 is 0 Å². The summed E-state index contributed by atoms with van der Waals surface area (Å²) in [7, 11) is 0. The van der Waals surface area contributed by atoms with E-state index in [0.29, 0.717) is 5.92 Å². The highest BCUT2D eigenvalue weighted by atomic mass is 14.8. The summed E-state index contributed by atoms with van der Waals surface area (Å²) >= 11 is 0. The molecule has 2 heteroatoms. The molecule has 0 saturated carbocycles. The van der Waals surface area contributed by atoms with Crippen LogP contribution in [0.4, 0.5) is 5.69 Å². The van der Waals surface area contributed by atoms with Gasteiger partial charge in [-0.05, 0) is 40.7 Å². The highest BCUT2D eigenvalue weighted by Crippen LogP contribution is 2.37. The zero-order valence-electron chi connectivity index (χ0n) is 21.1. The van der Waals surface area contributed by atoms with E-state index in [0.717, 1.165) is 23.7 Å². The molecule has 3 aromatic rings. The summed E-state index contributed by atoms with van der Waals surface area (Å²) in [5.41, 5.74) is 6.74. The first-order valence-corrected chi connectivity index (χ1v) is 12.0. The van der Waals surface area contributed by atoms with Crippen LogP contribution in [0.3, 0.4) is 0 Å². The van der Waals surface area contributed by atoms with Gasteiger partial charge < -0.3 is 0 Å². The fourth-order valence-electron chi connectivity index (χ4n) is 4.57. The predicted octanol–water partition coefficient (Wildman–Crippen LogP) is 8.30. The third-order valence-electron chi connectivity index (χ3n) is 6.94. The summed E-state index contributed by atoms with van der Waals surface area (Å²) in [5.74, 6) is 0.438. The van der Waals surface area contributed by atoms with Crippen LogP contribution in [0.1, 0.15) is 65.2 Å². The molecule has 0 bridgehead atoms. The number of para-hydroxylation sites is 1. The Morgan fingerprint density at radius 3 is 2.09 bits per heavy atom. The van der Waals surface area contributed by atoms with Crippen LogP contribution in [0.2, 0.25) is 0 Å². The lowest BCUT2D eigenvalue weighted by molar-refractivity contribution is 0.290. The Labute approximate surface area is 199 Å². The second-order valence-corrected chi connectivity index (χ2v) is 10.9. The Balaban J connectivity index is 1.90. The second-order valence-electron chi connectivity index (χ2n) is 10.9. The van der Waals surface area contributed by atoms with Crippen molar-refractivity contribution in [2.24, 2.45) is 21.3 Å². The molecule has 0 aromatic heterocycles. The number of hydrogen-bond donors (Lipinski definition) is 0.